The molecule has 10 nitrogen and oxygen atoms in total. The van der Waals surface area contributed by atoms with E-state index in [4.69, 9.17) is 9.47 Å². The Morgan fingerprint density at radius 1 is 1.30 bits per heavy atom. The first kappa shape index (κ1) is 24.1. The summed E-state index contributed by atoms with van der Waals surface area (Å²) in [6.45, 7) is 7.00. The quantitative estimate of drug-likeness (QED) is 0.620. The van der Waals surface area contributed by atoms with Crippen LogP contribution in [0.15, 0.2) is 6.20 Å². The third-order valence-corrected chi connectivity index (χ3v) is 6.86. The first-order valence-corrected chi connectivity index (χ1v) is 12.0. The largest absolute Gasteiger partial charge is 0.391 e. The molecule has 3 aliphatic rings. The molecule has 3 fully saturated rings. The Bertz CT molecular complexity index is 849. The Kier molecular flexibility index (Phi) is 7.07. The number of carbonyl (C=O) groups excluding carboxylic acids is 2. The van der Waals surface area contributed by atoms with E-state index in [-0.39, 0.29) is 37.0 Å². The van der Waals surface area contributed by atoms with Crippen LogP contribution in [0.3, 0.4) is 0 Å². The van der Waals surface area contributed by atoms with Crippen LogP contribution in [-0.2, 0) is 19.1 Å². The zero-order chi connectivity index (χ0) is 23.8. The number of hydrogen-bond acceptors (Lipinski definition) is 7. The molecule has 1 aliphatic carbocycles. The fraction of sp³-hybridized carbons (Fsp3) is 0.826. The maximum atomic E-state index is 13.7. The van der Waals surface area contributed by atoms with Gasteiger partial charge in [0.25, 0.3) is 0 Å². The molecule has 3 heterocycles. The van der Waals surface area contributed by atoms with Crippen LogP contribution in [0.2, 0.25) is 0 Å². The van der Waals surface area contributed by atoms with Crippen molar-refractivity contribution in [2.75, 3.05) is 26.8 Å². The average Bonchev–Trinajstić information content (AvgIpc) is 3.38. The van der Waals surface area contributed by atoms with E-state index in [1.807, 2.05) is 27.0 Å². The Balaban J connectivity index is 1.45. The summed E-state index contributed by atoms with van der Waals surface area (Å²) >= 11 is 0. The minimum absolute atomic E-state index is 0.124. The van der Waals surface area contributed by atoms with Crippen LogP contribution in [-0.4, -0.2) is 88.0 Å². The molecule has 0 aromatic carbocycles. The van der Waals surface area contributed by atoms with Crippen molar-refractivity contribution in [3.05, 3.63) is 11.9 Å². The highest BCUT2D eigenvalue weighted by Crippen LogP contribution is 2.40. The van der Waals surface area contributed by atoms with Gasteiger partial charge in [-0.1, -0.05) is 26.0 Å². The molecule has 2 amide bonds. The summed E-state index contributed by atoms with van der Waals surface area (Å²) < 4.78 is 12.8. The molecule has 1 aromatic heterocycles. The Morgan fingerprint density at radius 2 is 2.06 bits per heavy atom. The van der Waals surface area contributed by atoms with Gasteiger partial charge in [-0.15, -0.1) is 5.10 Å². The lowest BCUT2D eigenvalue weighted by molar-refractivity contribution is -0.144. The SMILES string of the molecule is CO[C@@H]1CCO[C@H](CNC(=O)[C@@H]2C[C@@H](O)CN2C(=O)[C@@H](n2cc(C3CC3)nn2)C(C)(C)C)C1. The van der Waals surface area contributed by atoms with Crippen molar-refractivity contribution in [1.82, 2.24) is 25.2 Å². The molecule has 0 bridgehead atoms. The van der Waals surface area contributed by atoms with E-state index >= 15 is 0 Å². The van der Waals surface area contributed by atoms with Crippen LogP contribution < -0.4 is 5.32 Å². The minimum Gasteiger partial charge on any atom is -0.391 e. The number of aliphatic hydroxyl groups excluding tert-OH is 1. The number of amides is 2. The first-order chi connectivity index (χ1) is 15.7. The second kappa shape index (κ2) is 9.68. The molecule has 4 rings (SSSR count). The van der Waals surface area contributed by atoms with Crippen molar-refractivity contribution < 1.29 is 24.2 Å². The third-order valence-electron chi connectivity index (χ3n) is 6.86. The summed E-state index contributed by atoms with van der Waals surface area (Å²) in [7, 11) is 1.68. The highest BCUT2D eigenvalue weighted by atomic mass is 16.5. The first-order valence-electron chi connectivity index (χ1n) is 12.0. The summed E-state index contributed by atoms with van der Waals surface area (Å²) in [5, 5.41) is 21.8. The van der Waals surface area contributed by atoms with Gasteiger partial charge in [0.15, 0.2) is 0 Å². The van der Waals surface area contributed by atoms with Gasteiger partial charge in [-0.3, -0.25) is 9.59 Å². The fourth-order valence-corrected chi connectivity index (χ4v) is 4.86. The van der Waals surface area contributed by atoms with Crippen molar-refractivity contribution in [2.45, 2.75) is 89.2 Å². The Hall–Kier alpha value is -2.04. The van der Waals surface area contributed by atoms with Gasteiger partial charge >= 0.3 is 0 Å². The molecule has 0 spiro atoms. The van der Waals surface area contributed by atoms with Gasteiger partial charge in [0.05, 0.1) is 24.0 Å². The maximum Gasteiger partial charge on any atom is 0.248 e. The molecule has 1 saturated carbocycles. The number of rotatable bonds is 7. The average molecular weight is 464 g/mol. The zero-order valence-corrected chi connectivity index (χ0v) is 20.1. The number of aromatic nitrogens is 3. The molecule has 0 unspecified atom stereocenters. The minimum atomic E-state index is -0.744. The number of methoxy groups -OCH3 is 1. The van der Waals surface area contributed by atoms with Crippen molar-refractivity contribution >= 4 is 11.8 Å². The van der Waals surface area contributed by atoms with Crippen LogP contribution in [0.25, 0.3) is 0 Å². The van der Waals surface area contributed by atoms with Crippen molar-refractivity contribution in [3.8, 4) is 0 Å². The van der Waals surface area contributed by atoms with Gasteiger partial charge in [-0.05, 0) is 24.7 Å². The van der Waals surface area contributed by atoms with Crippen LogP contribution in [0.5, 0.6) is 0 Å². The van der Waals surface area contributed by atoms with Crippen molar-refractivity contribution in [2.24, 2.45) is 5.41 Å². The lowest BCUT2D eigenvalue weighted by atomic mass is 9.85. The molecular formula is C23H37N5O5. The Morgan fingerprint density at radius 3 is 2.73 bits per heavy atom. The van der Waals surface area contributed by atoms with Gasteiger partial charge in [0, 0.05) is 51.8 Å². The van der Waals surface area contributed by atoms with E-state index in [1.54, 1.807) is 11.8 Å². The molecule has 0 radical (unpaired) electrons. The van der Waals surface area contributed by atoms with Gasteiger partial charge < -0.3 is 24.8 Å². The summed E-state index contributed by atoms with van der Waals surface area (Å²) in [5.74, 6) is -0.0610. The van der Waals surface area contributed by atoms with Gasteiger partial charge in [-0.25, -0.2) is 4.68 Å². The van der Waals surface area contributed by atoms with E-state index in [1.165, 1.54) is 4.90 Å². The number of carbonyl (C=O) groups is 2. The smallest absolute Gasteiger partial charge is 0.248 e. The lowest BCUT2D eigenvalue weighted by Gasteiger charge is -2.35. The fourth-order valence-electron chi connectivity index (χ4n) is 4.86. The number of nitrogens with zero attached hydrogens (tertiary/aromatic N) is 4. The van der Waals surface area contributed by atoms with Crippen LogP contribution in [0, 0.1) is 5.41 Å². The number of ether oxygens (including phenoxy) is 2. The van der Waals surface area contributed by atoms with Crippen molar-refractivity contribution in [3.63, 3.8) is 0 Å². The zero-order valence-electron chi connectivity index (χ0n) is 20.1. The standard InChI is InChI=1S/C23H37N5O5/c1-23(2,3)20(28-13-18(25-26-28)14-5-6-14)22(31)27-12-15(29)9-19(27)21(30)24-11-17-10-16(32-4)7-8-33-17/h13-17,19-20,29H,5-12H2,1-4H3,(H,24,30)/t15-,16-,17+,19+,20-/m1/s1. The molecule has 184 valence electrons. The number of hydrogen-bond donors (Lipinski definition) is 2. The van der Waals surface area contributed by atoms with E-state index in [0.717, 1.165) is 25.0 Å². The molecule has 5 atom stereocenters. The summed E-state index contributed by atoms with van der Waals surface area (Å²) in [4.78, 5) is 28.3. The maximum absolute atomic E-state index is 13.7. The molecule has 10 heteroatoms. The molecular weight excluding hydrogens is 426 g/mol. The van der Waals surface area contributed by atoms with Crippen LogP contribution in [0.1, 0.15) is 70.5 Å². The number of nitrogens with one attached hydrogen (secondary N) is 1. The summed E-state index contributed by atoms with van der Waals surface area (Å²) in [5.41, 5.74) is 0.459. The normalized spacial score (nSPS) is 29.2. The number of likely N-dealkylation sites (tertiary alicyclic amines) is 1. The topological polar surface area (TPSA) is 119 Å². The molecule has 2 saturated heterocycles. The van der Waals surface area contributed by atoms with E-state index in [9.17, 15) is 14.7 Å². The number of β-amino-alcohol motifs (C(OH)–C–C–N with tert-alkyl or cyclic N) is 1. The highest BCUT2D eigenvalue weighted by Gasteiger charge is 2.45. The molecule has 2 N–H and O–H groups in total. The highest BCUT2D eigenvalue weighted by molar-refractivity contribution is 5.90. The monoisotopic (exact) mass is 463 g/mol. The van der Waals surface area contributed by atoms with Crippen LogP contribution >= 0.6 is 0 Å². The van der Waals surface area contributed by atoms with Gasteiger partial charge in [0.1, 0.15) is 12.1 Å². The molecule has 2 aliphatic heterocycles. The van der Waals surface area contributed by atoms with Crippen LogP contribution in [0.4, 0.5) is 0 Å². The van der Waals surface area contributed by atoms with Crippen molar-refractivity contribution in [1.29, 1.82) is 0 Å². The van der Waals surface area contributed by atoms with Gasteiger partial charge in [0.2, 0.25) is 11.8 Å². The van der Waals surface area contributed by atoms with E-state index in [0.29, 0.717) is 25.5 Å². The second-order valence-electron chi connectivity index (χ2n) is 10.7. The summed E-state index contributed by atoms with van der Waals surface area (Å²) in [6, 6.07) is -1.35. The molecule has 1 aromatic rings. The third kappa shape index (κ3) is 5.55. The summed E-state index contributed by atoms with van der Waals surface area (Å²) in [6.07, 6.45) is 5.10. The van der Waals surface area contributed by atoms with E-state index < -0.39 is 23.6 Å². The predicted octanol–water partition coefficient (Wildman–Crippen LogP) is 1.01. The Labute approximate surface area is 195 Å². The number of aliphatic hydroxyl groups is 1. The van der Waals surface area contributed by atoms with E-state index in [2.05, 4.69) is 15.6 Å². The second-order valence-corrected chi connectivity index (χ2v) is 10.7. The molecule has 33 heavy (non-hydrogen) atoms. The van der Waals surface area contributed by atoms with Gasteiger partial charge in [-0.2, -0.15) is 0 Å². The lowest BCUT2D eigenvalue weighted by Crippen LogP contribution is -2.51. The predicted molar refractivity (Wildman–Crippen MR) is 119 cm³/mol.